The molecule has 1 aliphatic heterocycles. The van der Waals surface area contributed by atoms with Gasteiger partial charge < -0.3 is 14.7 Å². The summed E-state index contributed by atoms with van der Waals surface area (Å²) in [5.41, 5.74) is 0.0492. The maximum atomic E-state index is 12.8. The second-order valence-electron chi connectivity index (χ2n) is 7.40. The largest absolute Gasteiger partial charge is 0.497 e. The van der Waals surface area contributed by atoms with E-state index in [9.17, 15) is 9.90 Å². The van der Waals surface area contributed by atoms with Crippen LogP contribution in [0.25, 0.3) is 10.9 Å². The highest BCUT2D eigenvalue weighted by molar-refractivity contribution is 8.00. The number of hydrogen-bond donors (Lipinski definition) is 1. The van der Waals surface area contributed by atoms with Gasteiger partial charge in [-0.25, -0.2) is 0 Å². The van der Waals surface area contributed by atoms with Crippen LogP contribution >= 0.6 is 23.1 Å². The average Bonchev–Trinajstić information content (AvgIpc) is 3.25. The molecule has 5 nitrogen and oxygen atoms in total. The van der Waals surface area contributed by atoms with E-state index in [2.05, 4.69) is 16.9 Å². The van der Waals surface area contributed by atoms with Crippen molar-refractivity contribution in [2.75, 3.05) is 33.0 Å². The van der Waals surface area contributed by atoms with Crippen molar-refractivity contribution in [1.82, 2.24) is 9.88 Å². The van der Waals surface area contributed by atoms with Gasteiger partial charge in [-0.2, -0.15) is 0 Å². The van der Waals surface area contributed by atoms with Crippen molar-refractivity contribution in [3.05, 3.63) is 52.3 Å². The Hall–Kier alpha value is -1.93. The summed E-state index contributed by atoms with van der Waals surface area (Å²) in [6, 6.07) is 11.5. The molecule has 3 heterocycles. The van der Waals surface area contributed by atoms with Crippen LogP contribution in [0.5, 0.6) is 5.75 Å². The summed E-state index contributed by atoms with van der Waals surface area (Å²) in [5, 5.41) is 12.0. The highest BCUT2D eigenvalue weighted by Crippen LogP contribution is 2.37. The number of methoxy groups -OCH3 is 1. The minimum atomic E-state index is -0.802. The van der Waals surface area contributed by atoms with Crippen LogP contribution in [0.15, 0.2) is 47.5 Å². The van der Waals surface area contributed by atoms with E-state index >= 15 is 0 Å². The molecule has 29 heavy (non-hydrogen) atoms. The number of thioether (sulfide) groups is 1. The van der Waals surface area contributed by atoms with Crippen LogP contribution < -0.4 is 4.74 Å². The Labute approximate surface area is 178 Å². The third-order valence-electron chi connectivity index (χ3n) is 5.42. The second-order valence-corrected chi connectivity index (χ2v) is 9.50. The second kappa shape index (κ2) is 8.44. The number of likely N-dealkylation sites (tertiary alicyclic amines) is 1. The smallest absolute Gasteiger partial charge is 0.182 e. The van der Waals surface area contributed by atoms with Gasteiger partial charge in [-0.05, 0) is 50.2 Å². The van der Waals surface area contributed by atoms with Gasteiger partial charge in [-0.15, -0.1) is 23.1 Å². The molecule has 7 heteroatoms. The molecule has 0 spiro atoms. The van der Waals surface area contributed by atoms with E-state index in [1.54, 1.807) is 13.3 Å². The number of benzene rings is 1. The first-order valence-electron chi connectivity index (χ1n) is 9.58. The molecule has 1 aromatic carbocycles. The van der Waals surface area contributed by atoms with E-state index < -0.39 is 5.60 Å². The molecule has 0 aliphatic carbocycles. The zero-order valence-electron chi connectivity index (χ0n) is 16.6. The number of thiophene rings is 1. The van der Waals surface area contributed by atoms with Crippen LogP contribution in [0.3, 0.4) is 0 Å². The van der Waals surface area contributed by atoms with E-state index in [1.807, 2.05) is 36.4 Å². The first-order valence-corrected chi connectivity index (χ1v) is 11.4. The summed E-state index contributed by atoms with van der Waals surface area (Å²) in [4.78, 5) is 22.0. The lowest BCUT2D eigenvalue weighted by Crippen LogP contribution is -2.40. The normalized spacial score (nSPS) is 16.8. The zero-order valence-corrected chi connectivity index (χ0v) is 18.2. The van der Waals surface area contributed by atoms with Crippen molar-refractivity contribution < 1.29 is 14.6 Å². The number of nitrogens with zero attached hydrogens (tertiary/aromatic N) is 2. The summed E-state index contributed by atoms with van der Waals surface area (Å²) >= 11 is 2.95. The molecule has 4 rings (SSSR count). The molecular formula is C22H24N2O3S2. The van der Waals surface area contributed by atoms with Crippen molar-refractivity contribution in [3.63, 3.8) is 0 Å². The lowest BCUT2D eigenvalue weighted by atomic mass is 9.90. The predicted molar refractivity (Wildman–Crippen MR) is 118 cm³/mol. The minimum absolute atomic E-state index is 0.0845. The van der Waals surface area contributed by atoms with Gasteiger partial charge in [-0.3, -0.25) is 9.78 Å². The third-order valence-corrected chi connectivity index (χ3v) is 7.82. The molecule has 0 saturated carbocycles. The number of carbonyl (C=O) groups excluding carboxylic acids is 1. The first kappa shape index (κ1) is 20.3. The standard InChI is InChI=1S/C22H24N2O3S2/c1-24-11-8-22(26,9-12-24)21-6-5-20(29-21)18(25)14-28-19-7-10-23-17-13-15(27-2)3-4-16(17)19/h3-7,10,13,26H,8-9,11-12,14H2,1-2H3. The van der Waals surface area contributed by atoms with Gasteiger partial charge >= 0.3 is 0 Å². The number of piperidine rings is 1. The minimum Gasteiger partial charge on any atom is -0.497 e. The Bertz CT molecular complexity index is 1030. The number of hydrogen-bond acceptors (Lipinski definition) is 7. The predicted octanol–water partition coefficient (Wildman–Crippen LogP) is 4.19. The number of aliphatic hydroxyl groups is 1. The fourth-order valence-electron chi connectivity index (χ4n) is 3.54. The van der Waals surface area contributed by atoms with Crippen LogP contribution in [-0.4, -0.2) is 53.8 Å². The summed E-state index contributed by atoms with van der Waals surface area (Å²) in [6.45, 7) is 1.74. The lowest BCUT2D eigenvalue weighted by molar-refractivity contribution is -0.0172. The van der Waals surface area contributed by atoms with Gasteiger partial charge in [0.2, 0.25) is 0 Å². The summed E-state index contributed by atoms with van der Waals surface area (Å²) in [5.74, 6) is 1.20. The summed E-state index contributed by atoms with van der Waals surface area (Å²) in [6.07, 6.45) is 3.17. The van der Waals surface area contributed by atoms with E-state index in [0.717, 1.165) is 39.5 Å². The van der Waals surface area contributed by atoms with Gasteiger partial charge in [0.15, 0.2) is 5.78 Å². The Morgan fingerprint density at radius 3 is 2.83 bits per heavy atom. The molecule has 1 aliphatic rings. The Morgan fingerprint density at radius 1 is 1.28 bits per heavy atom. The lowest BCUT2D eigenvalue weighted by Gasteiger charge is -2.35. The molecule has 0 bridgehead atoms. The van der Waals surface area contributed by atoms with Gasteiger partial charge in [0, 0.05) is 40.5 Å². The van der Waals surface area contributed by atoms with Crippen LogP contribution in [0.2, 0.25) is 0 Å². The van der Waals surface area contributed by atoms with E-state index in [-0.39, 0.29) is 5.78 Å². The number of ether oxygens (including phenoxy) is 1. The molecule has 2 aromatic heterocycles. The molecule has 0 radical (unpaired) electrons. The highest BCUT2D eigenvalue weighted by atomic mass is 32.2. The first-order chi connectivity index (χ1) is 14.0. The van der Waals surface area contributed by atoms with Crippen LogP contribution in [0, 0.1) is 0 Å². The van der Waals surface area contributed by atoms with Crippen molar-refractivity contribution >= 4 is 39.8 Å². The quantitative estimate of drug-likeness (QED) is 0.469. The molecule has 1 N–H and O–H groups in total. The number of pyridine rings is 1. The zero-order chi connectivity index (χ0) is 20.4. The SMILES string of the molecule is COc1ccc2c(SCC(=O)c3ccc(C4(O)CCN(C)CC4)s3)ccnc2c1. The molecule has 3 aromatic rings. The van der Waals surface area contributed by atoms with E-state index in [0.29, 0.717) is 23.5 Å². The number of rotatable bonds is 6. The van der Waals surface area contributed by atoms with Crippen LogP contribution in [0.1, 0.15) is 27.4 Å². The van der Waals surface area contributed by atoms with Crippen LogP contribution in [0.4, 0.5) is 0 Å². The van der Waals surface area contributed by atoms with Gasteiger partial charge in [0.25, 0.3) is 0 Å². The van der Waals surface area contributed by atoms with E-state index in [4.69, 9.17) is 4.74 Å². The van der Waals surface area contributed by atoms with E-state index in [1.165, 1.54) is 23.1 Å². The van der Waals surface area contributed by atoms with Crippen molar-refractivity contribution in [1.29, 1.82) is 0 Å². The van der Waals surface area contributed by atoms with Gasteiger partial charge in [-0.1, -0.05) is 0 Å². The number of Topliss-reactive ketones (excluding diaryl/α,β-unsaturated/α-hetero) is 1. The number of carbonyl (C=O) groups is 1. The molecule has 0 amide bonds. The molecule has 1 saturated heterocycles. The summed E-state index contributed by atoms with van der Waals surface area (Å²) < 4.78 is 5.26. The van der Waals surface area contributed by atoms with Crippen molar-refractivity contribution in [2.45, 2.75) is 23.3 Å². The maximum absolute atomic E-state index is 12.8. The molecule has 152 valence electrons. The Balaban J connectivity index is 1.46. The summed E-state index contributed by atoms with van der Waals surface area (Å²) in [7, 11) is 3.70. The van der Waals surface area contributed by atoms with Crippen LogP contribution in [-0.2, 0) is 5.60 Å². The molecular weight excluding hydrogens is 404 g/mol. The monoisotopic (exact) mass is 428 g/mol. The Kier molecular flexibility index (Phi) is 5.92. The van der Waals surface area contributed by atoms with Gasteiger partial charge in [0.1, 0.15) is 11.4 Å². The molecule has 0 unspecified atom stereocenters. The number of aromatic nitrogens is 1. The average molecular weight is 429 g/mol. The van der Waals surface area contributed by atoms with Gasteiger partial charge in [0.05, 0.1) is 23.3 Å². The number of ketones is 1. The fourth-order valence-corrected chi connectivity index (χ4v) is 5.65. The fraction of sp³-hybridized carbons (Fsp3) is 0.364. The maximum Gasteiger partial charge on any atom is 0.182 e. The Morgan fingerprint density at radius 2 is 2.07 bits per heavy atom. The van der Waals surface area contributed by atoms with Crippen molar-refractivity contribution in [3.8, 4) is 5.75 Å². The number of fused-ring (bicyclic) bond motifs is 1. The highest BCUT2D eigenvalue weighted by Gasteiger charge is 2.34. The topological polar surface area (TPSA) is 62.7 Å². The molecule has 1 fully saturated rings. The third kappa shape index (κ3) is 4.33. The molecule has 0 atom stereocenters. The van der Waals surface area contributed by atoms with Crippen molar-refractivity contribution in [2.24, 2.45) is 0 Å².